The maximum absolute atomic E-state index is 4.64. The van der Waals surface area contributed by atoms with E-state index in [1.165, 1.54) is 23.1 Å². The summed E-state index contributed by atoms with van der Waals surface area (Å²) in [6.07, 6.45) is 4.65. The van der Waals surface area contributed by atoms with Crippen LogP contribution in [0.1, 0.15) is 38.0 Å². The number of aromatic nitrogens is 2. The molecule has 0 saturated heterocycles. The molecule has 19 heavy (non-hydrogen) atoms. The van der Waals surface area contributed by atoms with Gasteiger partial charge < -0.3 is 10.6 Å². The molecule has 1 aliphatic carbocycles. The van der Waals surface area contributed by atoms with Crippen LogP contribution in [0.15, 0.2) is 6.07 Å². The van der Waals surface area contributed by atoms with Crippen LogP contribution < -0.4 is 10.6 Å². The molecule has 0 unspecified atom stereocenters. The molecule has 0 amide bonds. The fourth-order valence-electron chi connectivity index (χ4n) is 1.99. The van der Waals surface area contributed by atoms with E-state index in [1.54, 1.807) is 11.3 Å². The van der Waals surface area contributed by atoms with Gasteiger partial charge in [0.1, 0.15) is 10.6 Å². The minimum atomic E-state index is 0.613. The van der Waals surface area contributed by atoms with Crippen molar-refractivity contribution in [2.45, 2.75) is 45.6 Å². The number of anilines is 2. The molecule has 102 valence electrons. The monoisotopic (exact) mass is 276 g/mol. The molecule has 0 radical (unpaired) electrons. The van der Waals surface area contributed by atoms with Crippen molar-refractivity contribution in [2.24, 2.45) is 0 Å². The van der Waals surface area contributed by atoms with Gasteiger partial charge in [-0.15, -0.1) is 11.3 Å². The van der Waals surface area contributed by atoms with E-state index in [0.717, 1.165) is 36.0 Å². The first-order chi connectivity index (χ1) is 9.30. The molecular weight excluding hydrogens is 256 g/mol. The summed E-state index contributed by atoms with van der Waals surface area (Å²) in [6, 6.07) is 2.84. The summed E-state index contributed by atoms with van der Waals surface area (Å²) < 4.78 is 0. The Hall–Kier alpha value is -1.36. The van der Waals surface area contributed by atoms with Crippen LogP contribution in [0, 0.1) is 0 Å². The molecule has 2 aromatic rings. The van der Waals surface area contributed by atoms with Gasteiger partial charge >= 0.3 is 0 Å². The standard InChI is InChI=1S/C14H20N4S/c1-3-7-15-14-17-12(16-9-5-6-9)11-8-10(4-2)19-13(11)18-14/h8-9H,3-7H2,1-2H3,(H2,15,16,17,18). The SMILES string of the molecule is CCCNc1nc(NC2CC2)c2cc(CC)sc2n1. The van der Waals surface area contributed by atoms with Crippen molar-refractivity contribution >= 4 is 33.3 Å². The first-order valence-corrected chi connectivity index (χ1v) is 7.92. The lowest BCUT2D eigenvalue weighted by molar-refractivity contribution is 0.956. The molecule has 5 heteroatoms. The lowest BCUT2D eigenvalue weighted by atomic mass is 10.3. The fourth-order valence-corrected chi connectivity index (χ4v) is 2.96. The van der Waals surface area contributed by atoms with Crippen molar-refractivity contribution in [3.8, 4) is 0 Å². The van der Waals surface area contributed by atoms with E-state index in [1.807, 2.05) is 0 Å². The zero-order valence-corrected chi connectivity index (χ0v) is 12.3. The molecule has 1 saturated carbocycles. The topological polar surface area (TPSA) is 49.8 Å². The van der Waals surface area contributed by atoms with Gasteiger partial charge in [-0.1, -0.05) is 13.8 Å². The highest BCUT2D eigenvalue weighted by atomic mass is 32.1. The van der Waals surface area contributed by atoms with Crippen molar-refractivity contribution < 1.29 is 0 Å². The van der Waals surface area contributed by atoms with Gasteiger partial charge in [0.2, 0.25) is 5.95 Å². The number of hydrogen-bond acceptors (Lipinski definition) is 5. The number of fused-ring (bicyclic) bond motifs is 1. The van der Waals surface area contributed by atoms with Crippen LogP contribution >= 0.6 is 11.3 Å². The van der Waals surface area contributed by atoms with Crippen LogP contribution in [0.3, 0.4) is 0 Å². The van der Waals surface area contributed by atoms with Gasteiger partial charge in [-0.25, -0.2) is 4.98 Å². The van der Waals surface area contributed by atoms with Gasteiger partial charge in [0.15, 0.2) is 0 Å². The van der Waals surface area contributed by atoms with Gasteiger partial charge in [-0.05, 0) is 31.7 Å². The van der Waals surface area contributed by atoms with Gasteiger partial charge in [-0.2, -0.15) is 4.98 Å². The number of nitrogens with one attached hydrogen (secondary N) is 2. The third-order valence-corrected chi connectivity index (χ3v) is 4.42. The molecule has 0 aromatic carbocycles. The predicted molar refractivity (Wildman–Crippen MR) is 82.2 cm³/mol. The summed E-state index contributed by atoms with van der Waals surface area (Å²) in [6.45, 7) is 5.25. The second-order valence-electron chi connectivity index (χ2n) is 5.03. The Labute approximate surface area is 117 Å². The Morgan fingerprint density at radius 2 is 2.16 bits per heavy atom. The highest BCUT2D eigenvalue weighted by Gasteiger charge is 2.23. The zero-order chi connectivity index (χ0) is 13.2. The first kappa shape index (κ1) is 12.7. The Balaban J connectivity index is 1.98. The van der Waals surface area contributed by atoms with Crippen molar-refractivity contribution in [1.82, 2.24) is 9.97 Å². The lowest BCUT2D eigenvalue weighted by Gasteiger charge is -2.08. The van der Waals surface area contributed by atoms with Crippen LogP contribution in [0.4, 0.5) is 11.8 Å². The summed E-state index contributed by atoms with van der Waals surface area (Å²) in [5.74, 6) is 1.75. The Bertz CT molecular complexity index is 574. The first-order valence-electron chi connectivity index (χ1n) is 7.11. The maximum Gasteiger partial charge on any atom is 0.226 e. The average Bonchev–Trinajstić information content (AvgIpc) is 3.13. The molecule has 3 rings (SSSR count). The van der Waals surface area contributed by atoms with Crippen molar-refractivity contribution in [3.63, 3.8) is 0 Å². The molecule has 1 aliphatic rings. The van der Waals surface area contributed by atoms with E-state index in [2.05, 4.69) is 40.5 Å². The zero-order valence-electron chi connectivity index (χ0n) is 11.5. The molecule has 2 heterocycles. The van der Waals surface area contributed by atoms with E-state index < -0.39 is 0 Å². The number of rotatable bonds is 6. The van der Waals surface area contributed by atoms with E-state index in [4.69, 9.17) is 0 Å². The van der Waals surface area contributed by atoms with E-state index in [-0.39, 0.29) is 0 Å². The van der Waals surface area contributed by atoms with Crippen LogP contribution in [-0.4, -0.2) is 22.6 Å². The van der Waals surface area contributed by atoms with E-state index in [0.29, 0.717) is 6.04 Å². The van der Waals surface area contributed by atoms with Gasteiger partial charge in [-0.3, -0.25) is 0 Å². The molecule has 0 aliphatic heterocycles. The summed E-state index contributed by atoms with van der Waals surface area (Å²) in [4.78, 5) is 11.7. The number of hydrogen-bond donors (Lipinski definition) is 2. The highest BCUT2D eigenvalue weighted by molar-refractivity contribution is 7.18. The smallest absolute Gasteiger partial charge is 0.226 e. The van der Waals surface area contributed by atoms with E-state index >= 15 is 0 Å². The Morgan fingerprint density at radius 1 is 1.32 bits per heavy atom. The number of thiophene rings is 1. The second kappa shape index (κ2) is 5.33. The summed E-state index contributed by atoms with van der Waals surface area (Å²) in [5, 5.41) is 8.00. The lowest BCUT2D eigenvalue weighted by Crippen LogP contribution is -2.08. The number of nitrogens with zero attached hydrogens (tertiary/aromatic N) is 2. The van der Waals surface area contributed by atoms with Crippen LogP contribution in [0.5, 0.6) is 0 Å². The van der Waals surface area contributed by atoms with Crippen molar-refractivity contribution in [3.05, 3.63) is 10.9 Å². The average molecular weight is 276 g/mol. The van der Waals surface area contributed by atoms with Gasteiger partial charge in [0.05, 0.1) is 5.39 Å². The summed E-state index contributed by atoms with van der Waals surface area (Å²) >= 11 is 1.78. The van der Waals surface area contributed by atoms with Gasteiger partial charge in [0.25, 0.3) is 0 Å². The minimum absolute atomic E-state index is 0.613. The second-order valence-corrected chi connectivity index (χ2v) is 6.14. The van der Waals surface area contributed by atoms with Crippen LogP contribution in [0.25, 0.3) is 10.2 Å². The summed E-state index contributed by atoms with van der Waals surface area (Å²) in [5.41, 5.74) is 0. The molecule has 0 bridgehead atoms. The maximum atomic E-state index is 4.64. The molecular formula is C14H20N4S. The summed E-state index contributed by atoms with van der Waals surface area (Å²) in [7, 11) is 0. The largest absolute Gasteiger partial charge is 0.367 e. The molecule has 0 atom stereocenters. The Kier molecular flexibility index (Phi) is 3.55. The predicted octanol–water partition coefficient (Wildman–Crippen LogP) is 3.65. The van der Waals surface area contributed by atoms with E-state index in [9.17, 15) is 0 Å². The molecule has 2 N–H and O–H groups in total. The minimum Gasteiger partial charge on any atom is -0.367 e. The third-order valence-electron chi connectivity index (χ3n) is 3.24. The normalized spacial score (nSPS) is 14.8. The molecule has 2 aromatic heterocycles. The van der Waals surface area contributed by atoms with Crippen LogP contribution in [-0.2, 0) is 6.42 Å². The fraction of sp³-hybridized carbons (Fsp3) is 0.571. The molecule has 0 spiro atoms. The number of aryl methyl sites for hydroxylation is 1. The third kappa shape index (κ3) is 2.81. The molecule has 1 fully saturated rings. The van der Waals surface area contributed by atoms with Crippen LogP contribution in [0.2, 0.25) is 0 Å². The quantitative estimate of drug-likeness (QED) is 0.845. The molecule has 4 nitrogen and oxygen atoms in total. The van der Waals surface area contributed by atoms with Crippen molar-refractivity contribution in [2.75, 3.05) is 17.2 Å². The van der Waals surface area contributed by atoms with Crippen molar-refractivity contribution in [1.29, 1.82) is 0 Å². The Morgan fingerprint density at radius 3 is 2.84 bits per heavy atom. The van der Waals surface area contributed by atoms with Gasteiger partial charge in [0, 0.05) is 17.5 Å². The highest BCUT2D eigenvalue weighted by Crippen LogP contribution is 2.33.